The Bertz CT molecular complexity index is 200. The van der Waals surface area contributed by atoms with Gasteiger partial charge in [0.25, 0.3) is 0 Å². The number of aliphatic hydroxyl groups excluding tert-OH is 1. The van der Waals surface area contributed by atoms with Crippen LogP contribution in [0.15, 0.2) is 0 Å². The SMILES string of the molecule is OCCN1CC[C@]2(CC[C@H](CCl)C2)C1. The minimum absolute atomic E-state index is 0.301. The molecule has 3 heteroatoms. The van der Waals surface area contributed by atoms with Crippen LogP contribution >= 0.6 is 11.6 Å². The van der Waals surface area contributed by atoms with E-state index in [1.54, 1.807) is 0 Å². The third-order valence-corrected chi connectivity index (χ3v) is 4.39. The van der Waals surface area contributed by atoms with Gasteiger partial charge in [-0.2, -0.15) is 0 Å². The summed E-state index contributed by atoms with van der Waals surface area (Å²) in [5.41, 5.74) is 0.564. The first-order valence-electron chi connectivity index (χ1n) is 5.67. The van der Waals surface area contributed by atoms with Crippen molar-refractivity contribution in [1.82, 2.24) is 4.90 Å². The molecule has 1 N–H and O–H groups in total. The van der Waals surface area contributed by atoms with Crippen molar-refractivity contribution in [3.05, 3.63) is 0 Å². The van der Waals surface area contributed by atoms with Crippen LogP contribution in [0.1, 0.15) is 25.7 Å². The van der Waals surface area contributed by atoms with Crippen LogP contribution in [0.5, 0.6) is 0 Å². The van der Waals surface area contributed by atoms with Crippen LogP contribution in [0.3, 0.4) is 0 Å². The molecule has 0 radical (unpaired) electrons. The lowest BCUT2D eigenvalue weighted by molar-refractivity contribution is 0.199. The van der Waals surface area contributed by atoms with E-state index in [9.17, 15) is 0 Å². The number of halogens is 1. The molecule has 0 unspecified atom stereocenters. The second-order valence-corrected chi connectivity index (χ2v) is 5.32. The van der Waals surface area contributed by atoms with Crippen molar-refractivity contribution in [2.24, 2.45) is 11.3 Å². The fourth-order valence-electron chi connectivity index (χ4n) is 3.19. The minimum atomic E-state index is 0.301. The summed E-state index contributed by atoms with van der Waals surface area (Å²) in [5.74, 6) is 1.59. The number of rotatable bonds is 3. The van der Waals surface area contributed by atoms with E-state index in [1.807, 2.05) is 0 Å². The van der Waals surface area contributed by atoms with Crippen LogP contribution in [-0.2, 0) is 0 Å². The van der Waals surface area contributed by atoms with Crippen LogP contribution in [0.2, 0.25) is 0 Å². The molecule has 0 amide bonds. The molecule has 0 aromatic carbocycles. The molecule has 2 atom stereocenters. The van der Waals surface area contributed by atoms with E-state index in [4.69, 9.17) is 16.7 Å². The Morgan fingerprint density at radius 2 is 2.29 bits per heavy atom. The summed E-state index contributed by atoms with van der Waals surface area (Å²) < 4.78 is 0. The number of alkyl halides is 1. The van der Waals surface area contributed by atoms with Gasteiger partial charge in [-0.15, -0.1) is 11.6 Å². The molecule has 0 aromatic rings. The Hall–Kier alpha value is 0.210. The fraction of sp³-hybridized carbons (Fsp3) is 1.00. The Morgan fingerprint density at radius 1 is 1.43 bits per heavy atom. The third-order valence-electron chi connectivity index (χ3n) is 3.96. The second kappa shape index (κ2) is 4.38. The minimum Gasteiger partial charge on any atom is -0.395 e. The van der Waals surface area contributed by atoms with Gasteiger partial charge in [0.05, 0.1) is 6.61 Å². The largest absolute Gasteiger partial charge is 0.395 e. The topological polar surface area (TPSA) is 23.5 Å². The molecule has 1 spiro atoms. The molecule has 1 aliphatic carbocycles. The van der Waals surface area contributed by atoms with E-state index in [1.165, 1.54) is 38.8 Å². The Labute approximate surface area is 91.2 Å². The zero-order valence-electron chi connectivity index (χ0n) is 8.71. The monoisotopic (exact) mass is 217 g/mol. The number of hydrogen-bond acceptors (Lipinski definition) is 2. The molecular weight excluding hydrogens is 198 g/mol. The molecule has 82 valence electrons. The number of likely N-dealkylation sites (tertiary alicyclic amines) is 1. The van der Waals surface area contributed by atoms with Crippen molar-refractivity contribution in [2.75, 3.05) is 32.1 Å². The van der Waals surface area contributed by atoms with E-state index in [0.717, 1.165) is 18.3 Å². The van der Waals surface area contributed by atoms with Gasteiger partial charge in [-0.1, -0.05) is 0 Å². The lowest BCUT2D eigenvalue weighted by Crippen LogP contribution is -2.27. The molecule has 1 saturated carbocycles. The first-order valence-corrected chi connectivity index (χ1v) is 6.21. The van der Waals surface area contributed by atoms with Crippen molar-refractivity contribution < 1.29 is 5.11 Å². The van der Waals surface area contributed by atoms with Crippen molar-refractivity contribution in [1.29, 1.82) is 0 Å². The molecule has 1 aliphatic heterocycles. The van der Waals surface area contributed by atoms with Crippen molar-refractivity contribution in [3.8, 4) is 0 Å². The van der Waals surface area contributed by atoms with Gasteiger partial charge in [-0.3, -0.25) is 0 Å². The summed E-state index contributed by atoms with van der Waals surface area (Å²) in [4.78, 5) is 2.40. The second-order valence-electron chi connectivity index (χ2n) is 5.01. The predicted molar refractivity (Wildman–Crippen MR) is 58.6 cm³/mol. The quantitative estimate of drug-likeness (QED) is 0.728. The van der Waals surface area contributed by atoms with Crippen LogP contribution < -0.4 is 0 Å². The van der Waals surface area contributed by atoms with Gasteiger partial charge in [0, 0.05) is 19.0 Å². The van der Waals surface area contributed by atoms with Crippen LogP contribution in [0.25, 0.3) is 0 Å². The molecule has 1 heterocycles. The highest BCUT2D eigenvalue weighted by molar-refractivity contribution is 6.18. The zero-order chi connectivity index (χ0) is 10.0. The molecule has 0 bridgehead atoms. The average molecular weight is 218 g/mol. The lowest BCUT2D eigenvalue weighted by atomic mass is 9.85. The fourth-order valence-corrected chi connectivity index (χ4v) is 3.45. The lowest BCUT2D eigenvalue weighted by Gasteiger charge is -2.23. The van der Waals surface area contributed by atoms with E-state index in [-0.39, 0.29) is 0 Å². The molecule has 14 heavy (non-hydrogen) atoms. The van der Waals surface area contributed by atoms with Crippen molar-refractivity contribution in [2.45, 2.75) is 25.7 Å². The van der Waals surface area contributed by atoms with Crippen molar-refractivity contribution in [3.63, 3.8) is 0 Å². The van der Waals surface area contributed by atoms with Crippen LogP contribution in [0, 0.1) is 11.3 Å². The van der Waals surface area contributed by atoms with Gasteiger partial charge in [-0.25, -0.2) is 0 Å². The molecule has 2 nitrogen and oxygen atoms in total. The zero-order valence-corrected chi connectivity index (χ0v) is 9.47. The van der Waals surface area contributed by atoms with Gasteiger partial charge in [0.15, 0.2) is 0 Å². The van der Waals surface area contributed by atoms with E-state index in [0.29, 0.717) is 12.0 Å². The highest BCUT2D eigenvalue weighted by Crippen LogP contribution is 2.48. The first-order chi connectivity index (χ1) is 6.78. The van der Waals surface area contributed by atoms with Crippen molar-refractivity contribution >= 4 is 11.6 Å². The van der Waals surface area contributed by atoms with Gasteiger partial charge in [0.1, 0.15) is 0 Å². The normalized spacial score (nSPS) is 38.6. The molecule has 2 rings (SSSR count). The maximum absolute atomic E-state index is 8.89. The van der Waals surface area contributed by atoms with E-state index >= 15 is 0 Å². The first kappa shape index (κ1) is 10.7. The number of hydrogen-bond donors (Lipinski definition) is 1. The summed E-state index contributed by atoms with van der Waals surface area (Å²) in [6, 6.07) is 0. The highest BCUT2D eigenvalue weighted by Gasteiger charge is 2.43. The smallest absolute Gasteiger partial charge is 0.0558 e. The van der Waals surface area contributed by atoms with Gasteiger partial charge < -0.3 is 10.0 Å². The van der Waals surface area contributed by atoms with Crippen LogP contribution in [0.4, 0.5) is 0 Å². The molecular formula is C11H20ClNO. The number of nitrogens with zero attached hydrogens (tertiary/aromatic N) is 1. The van der Waals surface area contributed by atoms with Gasteiger partial charge >= 0.3 is 0 Å². The van der Waals surface area contributed by atoms with Gasteiger partial charge in [-0.05, 0) is 43.6 Å². The number of β-amino-alcohol motifs (C(OH)–C–C–N with tert-alkyl or cyclic N) is 1. The molecule has 0 aromatic heterocycles. The maximum Gasteiger partial charge on any atom is 0.0558 e. The summed E-state index contributed by atoms with van der Waals surface area (Å²) >= 11 is 5.91. The summed E-state index contributed by atoms with van der Waals surface area (Å²) in [7, 11) is 0. The van der Waals surface area contributed by atoms with E-state index in [2.05, 4.69) is 4.90 Å². The maximum atomic E-state index is 8.89. The van der Waals surface area contributed by atoms with E-state index < -0.39 is 0 Å². The predicted octanol–water partition coefficient (Wildman–Crippen LogP) is 1.71. The summed E-state index contributed by atoms with van der Waals surface area (Å²) in [6.07, 6.45) is 5.31. The summed E-state index contributed by atoms with van der Waals surface area (Å²) in [6.45, 7) is 3.53. The van der Waals surface area contributed by atoms with Crippen LogP contribution in [-0.4, -0.2) is 42.1 Å². The standard InChI is InChI=1S/C11H20ClNO/c12-8-10-1-2-11(7-10)3-4-13(9-11)5-6-14/h10,14H,1-9H2/t10-,11-/m0/s1. The Kier molecular flexibility index (Phi) is 3.35. The molecule has 1 saturated heterocycles. The third kappa shape index (κ3) is 2.07. The molecule has 2 aliphatic rings. The summed E-state index contributed by atoms with van der Waals surface area (Å²) in [5, 5.41) is 8.89. The average Bonchev–Trinajstić information content (AvgIpc) is 2.76. The molecule has 2 fully saturated rings. The highest BCUT2D eigenvalue weighted by atomic mass is 35.5. The Morgan fingerprint density at radius 3 is 2.93 bits per heavy atom. The number of aliphatic hydroxyl groups is 1. The Balaban J connectivity index is 1.87. The van der Waals surface area contributed by atoms with Gasteiger partial charge in [0.2, 0.25) is 0 Å².